The highest BCUT2D eigenvalue weighted by Crippen LogP contribution is 2.30. The van der Waals surface area contributed by atoms with Gasteiger partial charge in [-0.2, -0.15) is 0 Å². The summed E-state index contributed by atoms with van der Waals surface area (Å²) in [6.07, 6.45) is 2.13. The van der Waals surface area contributed by atoms with E-state index in [2.05, 4.69) is 5.32 Å². The molecule has 0 fully saturated rings. The first-order chi connectivity index (χ1) is 10.6. The number of benzene rings is 2. The van der Waals surface area contributed by atoms with Crippen molar-refractivity contribution in [3.8, 4) is 5.75 Å². The zero-order valence-corrected chi connectivity index (χ0v) is 12.8. The Bertz CT molecular complexity index is 699. The van der Waals surface area contributed by atoms with Gasteiger partial charge < -0.3 is 15.8 Å². The van der Waals surface area contributed by atoms with Gasteiger partial charge in [0.1, 0.15) is 12.4 Å². The molecule has 0 atom stereocenters. The van der Waals surface area contributed by atoms with Crippen molar-refractivity contribution in [1.82, 2.24) is 0 Å². The second kappa shape index (κ2) is 6.28. The van der Waals surface area contributed by atoms with E-state index in [0.717, 1.165) is 30.6 Å². The van der Waals surface area contributed by atoms with Gasteiger partial charge in [-0.25, -0.2) is 0 Å². The monoisotopic (exact) mass is 316 g/mol. The molecule has 4 nitrogen and oxygen atoms in total. The quantitative estimate of drug-likeness (QED) is 0.909. The summed E-state index contributed by atoms with van der Waals surface area (Å²) in [4.78, 5) is 11.0. The van der Waals surface area contributed by atoms with Crippen LogP contribution in [-0.4, -0.2) is 12.5 Å². The maximum Gasteiger partial charge on any atom is 0.248 e. The molecule has 3 N–H and O–H groups in total. The summed E-state index contributed by atoms with van der Waals surface area (Å²) in [5.41, 5.74) is 9.15. The van der Waals surface area contributed by atoms with Crippen molar-refractivity contribution in [3.63, 3.8) is 0 Å². The Morgan fingerprint density at radius 2 is 2.05 bits per heavy atom. The van der Waals surface area contributed by atoms with Crippen molar-refractivity contribution in [2.24, 2.45) is 5.73 Å². The lowest BCUT2D eigenvalue weighted by Gasteiger charge is -2.21. The van der Waals surface area contributed by atoms with Gasteiger partial charge in [0.2, 0.25) is 5.91 Å². The van der Waals surface area contributed by atoms with Crippen LogP contribution in [-0.2, 0) is 13.0 Å². The number of rotatable bonds is 4. The first-order valence-corrected chi connectivity index (χ1v) is 7.59. The fourth-order valence-electron chi connectivity index (χ4n) is 2.64. The molecule has 0 unspecified atom stereocenters. The first kappa shape index (κ1) is 14.7. The summed E-state index contributed by atoms with van der Waals surface area (Å²) < 4.78 is 5.81. The molecule has 0 aromatic heterocycles. The number of carbonyl (C=O) groups excluding carboxylic acids is 1. The van der Waals surface area contributed by atoms with Crippen LogP contribution in [0.3, 0.4) is 0 Å². The summed E-state index contributed by atoms with van der Waals surface area (Å²) in [5, 5.41) is 4.08. The minimum absolute atomic E-state index is 0.443. The van der Waals surface area contributed by atoms with E-state index in [1.807, 2.05) is 12.1 Å². The third-order valence-corrected chi connectivity index (χ3v) is 3.98. The maximum absolute atomic E-state index is 11.0. The van der Waals surface area contributed by atoms with Gasteiger partial charge in [-0.3, -0.25) is 4.79 Å². The molecular formula is C17H17ClN2O2. The van der Waals surface area contributed by atoms with Crippen molar-refractivity contribution >= 4 is 23.2 Å². The van der Waals surface area contributed by atoms with Crippen molar-refractivity contribution < 1.29 is 9.53 Å². The lowest BCUT2D eigenvalue weighted by Crippen LogP contribution is -2.14. The molecular weight excluding hydrogens is 300 g/mol. The van der Waals surface area contributed by atoms with Crippen LogP contribution in [0.4, 0.5) is 5.69 Å². The summed E-state index contributed by atoms with van der Waals surface area (Å²) in [7, 11) is 0. The maximum atomic E-state index is 11.0. The number of ether oxygens (including phenoxy) is 1. The molecule has 1 aliphatic heterocycles. The molecule has 0 spiro atoms. The van der Waals surface area contributed by atoms with Crippen LogP contribution in [0.25, 0.3) is 0 Å². The zero-order chi connectivity index (χ0) is 15.5. The van der Waals surface area contributed by atoms with Gasteiger partial charge in [-0.15, -0.1) is 0 Å². The standard InChI is InChI=1S/C17H17ClN2O2/c18-13-8-12(15-2-1-7-20-16(15)9-13)10-22-14-5-3-11(4-6-14)17(19)21/h3-6,8-9,20H,1-2,7,10H2,(H2,19,21). The van der Waals surface area contributed by atoms with Crippen LogP contribution >= 0.6 is 11.6 Å². The summed E-state index contributed by atoms with van der Waals surface area (Å²) in [6.45, 7) is 1.42. The van der Waals surface area contributed by atoms with Crippen molar-refractivity contribution in [2.45, 2.75) is 19.4 Å². The minimum Gasteiger partial charge on any atom is -0.489 e. The van der Waals surface area contributed by atoms with Gasteiger partial charge in [0, 0.05) is 22.8 Å². The van der Waals surface area contributed by atoms with Crippen LogP contribution in [0, 0.1) is 0 Å². The largest absolute Gasteiger partial charge is 0.489 e. The second-order valence-corrected chi connectivity index (χ2v) is 5.74. The van der Waals surface area contributed by atoms with Crippen LogP contribution < -0.4 is 15.8 Å². The third kappa shape index (κ3) is 3.17. The lowest BCUT2D eigenvalue weighted by atomic mass is 9.98. The van der Waals surface area contributed by atoms with E-state index in [9.17, 15) is 4.79 Å². The Hall–Kier alpha value is -2.20. The Morgan fingerprint density at radius 1 is 1.27 bits per heavy atom. The number of fused-ring (bicyclic) bond motifs is 1. The Morgan fingerprint density at radius 3 is 2.77 bits per heavy atom. The lowest BCUT2D eigenvalue weighted by molar-refractivity contribution is 0.100. The molecule has 0 radical (unpaired) electrons. The molecule has 1 amide bonds. The second-order valence-electron chi connectivity index (χ2n) is 5.30. The van der Waals surface area contributed by atoms with Crippen molar-refractivity contribution in [2.75, 3.05) is 11.9 Å². The fraction of sp³-hybridized carbons (Fsp3) is 0.235. The predicted octanol–water partition coefficient (Wildman–Crippen LogP) is 3.38. The van der Waals surface area contributed by atoms with Gasteiger partial charge >= 0.3 is 0 Å². The number of carbonyl (C=O) groups is 1. The Kier molecular flexibility index (Phi) is 4.20. The van der Waals surface area contributed by atoms with Crippen LogP contribution in [0.1, 0.15) is 27.9 Å². The highest BCUT2D eigenvalue weighted by molar-refractivity contribution is 6.31. The third-order valence-electron chi connectivity index (χ3n) is 3.76. The molecule has 5 heteroatoms. The van der Waals surface area contributed by atoms with Gasteiger partial charge in [0.25, 0.3) is 0 Å². The van der Waals surface area contributed by atoms with Gasteiger partial charge in [-0.1, -0.05) is 11.6 Å². The number of nitrogens with one attached hydrogen (secondary N) is 1. The molecule has 0 saturated carbocycles. The van der Waals surface area contributed by atoms with E-state index in [1.165, 1.54) is 5.56 Å². The smallest absolute Gasteiger partial charge is 0.248 e. The van der Waals surface area contributed by atoms with E-state index < -0.39 is 5.91 Å². The summed E-state index contributed by atoms with van der Waals surface area (Å²) in [6, 6.07) is 10.7. The molecule has 1 aliphatic rings. The van der Waals surface area contributed by atoms with Gasteiger partial charge in [0.15, 0.2) is 0 Å². The van der Waals surface area contributed by atoms with E-state index in [4.69, 9.17) is 22.1 Å². The highest BCUT2D eigenvalue weighted by Gasteiger charge is 2.14. The molecule has 3 rings (SSSR count). The number of halogens is 1. The van der Waals surface area contributed by atoms with E-state index in [0.29, 0.717) is 22.9 Å². The first-order valence-electron chi connectivity index (χ1n) is 7.21. The number of nitrogens with two attached hydrogens (primary N) is 1. The minimum atomic E-state index is -0.443. The summed E-state index contributed by atoms with van der Waals surface area (Å²) >= 11 is 6.17. The molecule has 2 aromatic carbocycles. The van der Waals surface area contributed by atoms with Crippen molar-refractivity contribution in [1.29, 1.82) is 0 Å². The number of anilines is 1. The molecule has 0 saturated heterocycles. The van der Waals surface area contributed by atoms with E-state index in [-0.39, 0.29) is 0 Å². The number of amides is 1. The topological polar surface area (TPSA) is 64.4 Å². The van der Waals surface area contributed by atoms with Gasteiger partial charge in [-0.05, 0) is 60.4 Å². The molecule has 1 heterocycles. The average Bonchev–Trinajstić information content (AvgIpc) is 2.52. The molecule has 2 aromatic rings. The molecule has 114 valence electrons. The number of primary amides is 1. The van der Waals surface area contributed by atoms with Crippen molar-refractivity contribution in [3.05, 3.63) is 58.1 Å². The average molecular weight is 317 g/mol. The SMILES string of the molecule is NC(=O)c1ccc(OCc2cc(Cl)cc3c2CCCN3)cc1. The normalized spacial score (nSPS) is 13.1. The molecule has 0 bridgehead atoms. The number of hydrogen-bond acceptors (Lipinski definition) is 3. The highest BCUT2D eigenvalue weighted by atomic mass is 35.5. The van der Waals surface area contributed by atoms with Gasteiger partial charge in [0.05, 0.1) is 0 Å². The predicted molar refractivity (Wildman–Crippen MR) is 87.6 cm³/mol. The molecule has 0 aliphatic carbocycles. The van der Waals surface area contributed by atoms with E-state index in [1.54, 1.807) is 24.3 Å². The Labute approximate surface area is 134 Å². The zero-order valence-electron chi connectivity index (χ0n) is 12.1. The fourth-order valence-corrected chi connectivity index (χ4v) is 2.88. The Balaban J connectivity index is 1.76. The molecule has 22 heavy (non-hydrogen) atoms. The summed E-state index contributed by atoms with van der Waals surface area (Å²) in [5.74, 6) is 0.254. The van der Waals surface area contributed by atoms with E-state index >= 15 is 0 Å². The number of hydrogen-bond donors (Lipinski definition) is 2. The van der Waals surface area contributed by atoms with Crippen LogP contribution in [0.5, 0.6) is 5.75 Å². The van der Waals surface area contributed by atoms with Crippen LogP contribution in [0.15, 0.2) is 36.4 Å². The van der Waals surface area contributed by atoms with Crippen LogP contribution in [0.2, 0.25) is 5.02 Å².